The first-order chi connectivity index (χ1) is 8.16. The number of aromatic nitrogens is 3. The summed E-state index contributed by atoms with van der Waals surface area (Å²) in [5.41, 5.74) is 0. The molecule has 1 N–H and O–H groups in total. The zero-order valence-electron chi connectivity index (χ0n) is 9.99. The first-order valence-corrected chi connectivity index (χ1v) is 5.95. The van der Waals surface area contributed by atoms with Crippen LogP contribution >= 0.6 is 0 Å². The van der Waals surface area contributed by atoms with Crippen LogP contribution in [0.3, 0.4) is 0 Å². The summed E-state index contributed by atoms with van der Waals surface area (Å²) in [5, 5.41) is 13.7. The van der Waals surface area contributed by atoms with Gasteiger partial charge in [-0.1, -0.05) is 6.92 Å². The Labute approximate surface area is 100 Å². The summed E-state index contributed by atoms with van der Waals surface area (Å²) in [6, 6.07) is 0. The Hall–Kier alpha value is -1.43. The van der Waals surface area contributed by atoms with E-state index in [1.807, 2.05) is 6.92 Å². The molecular weight excluding hydrogens is 220 g/mol. The van der Waals surface area contributed by atoms with Gasteiger partial charge in [0.25, 0.3) is 0 Å². The number of nitrogens with zero attached hydrogens (tertiary/aromatic N) is 4. The van der Waals surface area contributed by atoms with Crippen molar-refractivity contribution in [1.82, 2.24) is 19.7 Å². The highest BCUT2D eigenvalue weighted by molar-refractivity contribution is 5.76. The van der Waals surface area contributed by atoms with Crippen LogP contribution in [0, 0.1) is 5.92 Å². The van der Waals surface area contributed by atoms with Crippen LogP contribution in [-0.4, -0.2) is 49.9 Å². The van der Waals surface area contributed by atoms with Crippen molar-refractivity contribution < 1.29 is 9.90 Å². The summed E-state index contributed by atoms with van der Waals surface area (Å²) in [4.78, 5) is 17.5. The number of aliphatic hydroxyl groups excluding tert-OH is 1. The number of amides is 1. The number of carbonyl (C=O) groups excluding carboxylic acids is 1. The lowest BCUT2D eigenvalue weighted by molar-refractivity contribution is -0.135. The molecule has 1 amide bonds. The third-order valence-corrected chi connectivity index (χ3v) is 3.29. The zero-order valence-corrected chi connectivity index (χ0v) is 9.99. The number of carbonyl (C=O) groups is 1. The highest BCUT2D eigenvalue weighted by atomic mass is 16.3. The molecule has 2 rings (SSSR count). The number of aliphatic hydroxyl groups is 1. The van der Waals surface area contributed by atoms with Gasteiger partial charge in [-0.3, -0.25) is 9.48 Å². The van der Waals surface area contributed by atoms with Gasteiger partial charge in [0.05, 0.1) is 12.6 Å². The Bertz CT molecular complexity index is 366. The van der Waals surface area contributed by atoms with Gasteiger partial charge in [-0.15, -0.1) is 0 Å². The van der Waals surface area contributed by atoms with E-state index in [0.717, 1.165) is 13.0 Å². The van der Waals surface area contributed by atoms with Crippen molar-refractivity contribution in [2.45, 2.75) is 32.4 Å². The highest BCUT2D eigenvalue weighted by Crippen LogP contribution is 2.17. The van der Waals surface area contributed by atoms with E-state index < -0.39 is 0 Å². The molecule has 0 bridgehead atoms. The minimum absolute atomic E-state index is 0.0754. The van der Waals surface area contributed by atoms with Crippen LogP contribution in [0.1, 0.15) is 19.8 Å². The molecule has 6 nitrogen and oxygen atoms in total. The largest absolute Gasteiger partial charge is 0.391 e. The van der Waals surface area contributed by atoms with E-state index in [2.05, 4.69) is 10.1 Å². The molecule has 1 aliphatic heterocycles. The Kier molecular flexibility index (Phi) is 3.73. The van der Waals surface area contributed by atoms with Crippen molar-refractivity contribution in [3.8, 4) is 0 Å². The Balaban J connectivity index is 1.80. The molecule has 2 atom stereocenters. The summed E-state index contributed by atoms with van der Waals surface area (Å²) >= 11 is 0. The first-order valence-electron chi connectivity index (χ1n) is 5.95. The van der Waals surface area contributed by atoms with Crippen molar-refractivity contribution >= 4 is 5.91 Å². The van der Waals surface area contributed by atoms with Gasteiger partial charge in [-0.2, -0.15) is 5.10 Å². The summed E-state index contributed by atoms with van der Waals surface area (Å²) < 4.78 is 1.64. The lowest BCUT2D eigenvalue weighted by Crippen LogP contribution is -2.46. The lowest BCUT2D eigenvalue weighted by Gasteiger charge is -2.34. The van der Waals surface area contributed by atoms with Gasteiger partial charge in [0.2, 0.25) is 5.91 Å². The molecule has 1 aliphatic rings. The highest BCUT2D eigenvalue weighted by Gasteiger charge is 2.26. The molecule has 0 aliphatic carbocycles. The Morgan fingerprint density at radius 3 is 3.06 bits per heavy atom. The van der Waals surface area contributed by atoms with Crippen molar-refractivity contribution in [3.05, 3.63) is 12.7 Å². The number of hydrogen-bond acceptors (Lipinski definition) is 4. The van der Waals surface area contributed by atoms with Gasteiger partial charge < -0.3 is 10.0 Å². The molecule has 0 aromatic carbocycles. The average Bonchev–Trinajstić information content (AvgIpc) is 2.82. The maximum absolute atomic E-state index is 11.9. The van der Waals surface area contributed by atoms with E-state index in [4.69, 9.17) is 0 Å². The fraction of sp³-hybridized carbons (Fsp3) is 0.727. The van der Waals surface area contributed by atoms with Crippen LogP contribution in [0.4, 0.5) is 0 Å². The van der Waals surface area contributed by atoms with Crippen LogP contribution in [0.5, 0.6) is 0 Å². The molecule has 2 unspecified atom stereocenters. The fourth-order valence-electron chi connectivity index (χ4n) is 1.99. The molecule has 2 heterocycles. The molecule has 1 aromatic rings. The average molecular weight is 238 g/mol. The second kappa shape index (κ2) is 5.27. The van der Waals surface area contributed by atoms with E-state index in [1.54, 1.807) is 15.9 Å². The van der Waals surface area contributed by atoms with Crippen molar-refractivity contribution in [2.75, 3.05) is 13.1 Å². The molecule has 1 saturated heterocycles. The number of hydrogen-bond donors (Lipinski definition) is 1. The molecule has 94 valence electrons. The lowest BCUT2D eigenvalue weighted by atomic mass is 9.96. The smallest absolute Gasteiger partial charge is 0.224 e. The number of rotatable bonds is 3. The predicted molar refractivity (Wildman–Crippen MR) is 61.0 cm³/mol. The monoisotopic (exact) mass is 238 g/mol. The quantitative estimate of drug-likeness (QED) is 0.798. The predicted octanol–water partition coefficient (Wildman–Crippen LogP) is -0.103. The standard InChI is InChI=1S/C11H18N4O2/c1-9-2-4-14(6-10(9)16)11(17)3-5-15-8-12-7-13-15/h7-10,16H,2-6H2,1H3. The molecule has 0 radical (unpaired) electrons. The molecule has 6 heteroatoms. The molecule has 0 spiro atoms. The van der Waals surface area contributed by atoms with E-state index >= 15 is 0 Å². The molecular formula is C11H18N4O2. The maximum atomic E-state index is 11.9. The molecule has 1 aromatic heterocycles. The minimum Gasteiger partial charge on any atom is -0.391 e. The second-order valence-corrected chi connectivity index (χ2v) is 4.58. The summed E-state index contributed by atoms with van der Waals surface area (Å²) in [5.74, 6) is 0.362. The number of β-amino-alcohol motifs (C(OH)–C–C–N with tert-alkyl or cyclic N) is 1. The van der Waals surface area contributed by atoms with Gasteiger partial charge in [0.15, 0.2) is 0 Å². The maximum Gasteiger partial charge on any atom is 0.224 e. The fourth-order valence-corrected chi connectivity index (χ4v) is 1.99. The van der Waals surface area contributed by atoms with E-state index in [1.165, 1.54) is 6.33 Å². The third kappa shape index (κ3) is 3.03. The summed E-state index contributed by atoms with van der Waals surface area (Å²) in [7, 11) is 0. The van der Waals surface area contributed by atoms with Crippen LogP contribution in [0.2, 0.25) is 0 Å². The van der Waals surface area contributed by atoms with Crippen LogP contribution in [-0.2, 0) is 11.3 Å². The van der Waals surface area contributed by atoms with E-state index in [9.17, 15) is 9.90 Å². The molecule has 1 fully saturated rings. The van der Waals surface area contributed by atoms with Crippen LogP contribution < -0.4 is 0 Å². The Morgan fingerprint density at radius 1 is 1.59 bits per heavy atom. The number of piperidine rings is 1. The third-order valence-electron chi connectivity index (χ3n) is 3.29. The van der Waals surface area contributed by atoms with Crippen molar-refractivity contribution in [3.63, 3.8) is 0 Å². The van der Waals surface area contributed by atoms with E-state index in [-0.39, 0.29) is 17.9 Å². The van der Waals surface area contributed by atoms with Gasteiger partial charge in [-0.05, 0) is 12.3 Å². The SMILES string of the molecule is CC1CCN(C(=O)CCn2cncn2)CC1O. The van der Waals surface area contributed by atoms with Gasteiger partial charge in [0.1, 0.15) is 12.7 Å². The van der Waals surface area contributed by atoms with Crippen molar-refractivity contribution in [2.24, 2.45) is 5.92 Å². The number of aryl methyl sites for hydroxylation is 1. The summed E-state index contributed by atoms with van der Waals surface area (Å²) in [6.45, 7) is 3.76. The number of likely N-dealkylation sites (tertiary alicyclic amines) is 1. The van der Waals surface area contributed by atoms with Crippen LogP contribution in [0.25, 0.3) is 0 Å². The zero-order chi connectivity index (χ0) is 12.3. The second-order valence-electron chi connectivity index (χ2n) is 4.58. The van der Waals surface area contributed by atoms with Gasteiger partial charge in [0, 0.05) is 19.5 Å². The summed E-state index contributed by atoms with van der Waals surface area (Å²) in [6.07, 6.45) is 3.94. The topological polar surface area (TPSA) is 71.2 Å². The van der Waals surface area contributed by atoms with E-state index in [0.29, 0.717) is 19.5 Å². The van der Waals surface area contributed by atoms with Gasteiger partial charge >= 0.3 is 0 Å². The Morgan fingerprint density at radius 2 is 2.41 bits per heavy atom. The van der Waals surface area contributed by atoms with Crippen molar-refractivity contribution in [1.29, 1.82) is 0 Å². The molecule has 0 saturated carbocycles. The first kappa shape index (κ1) is 12.0. The van der Waals surface area contributed by atoms with Crippen LogP contribution in [0.15, 0.2) is 12.7 Å². The minimum atomic E-state index is -0.390. The molecule has 17 heavy (non-hydrogen) atoms. The normalized spacial score (nSPS) is 24.9. The van der Waals surface area contributed by atoms with Gasteiger partial charge in [-0.25, -0.2) is 4.98 Å².